The zero-order chi connectivity index (χ0) is 64.8. The van der Waals surface area contributed by atoms with Crippen LogP contribution in [0.25, 0.3) is 0 Å². The second-order valence-electron chi connectivity index (χ2n) is 19.9. The quantitative estimate of drug-likeness (QED) is 0.0127. The summed E-state index contributed by atoms with van der Waals surface area (Å²) in [5.74, 6) is -8.46. The third-order valence-corrected chi connectivity index (χ3v) is 14.1. The summed E-state index contributed by atoms with van der Waals surface area (Å²) in [4.78, 5) is 170. The van der Waals surface area contributed by atoms with Crippen molar-refractivity contribution >= 4 is 100 Å². The minimum absolute atomic E-state index is 0.0154. The van der Waals surface area contributed by atoms with Crippen LogP contribution in [0, 0.1) is 0 Å². The van der Waals surface area contributed by atoms with E-state index in [2.05, 4.69) is 77.8 Å². The number of amides is 10. The van der Waals surface area contributed by atoms with E-state index >= 15 is 0 Å². The Morgan fingerprint density at radius 1 is 0.540 bits per heavy atom. The van der Waals surface area contributed by atoms with E-state index in [0.717, 1.165) is 7.11 Å². The van der Waals surface area contributed by atoms with Crippen molar-refractivity contribution < 1.29 is 57.5 Å². The van der Waals surface area contributed by atoms with Crippen LogP contribution in [0.2, 0.25) is 0 Å². The number of aliphatic imine (C=N–C) groups is 2. The maximum absolute atomic E-state index is 14.5. The van der Waals surface area contributed by atoms with Gasteiger partial charge in [0.15, 0.2) is 11.9 Å². The average molecular weight is 1270 g/mol. The number of esters is 1. The van der Waals surface area contributed by atoms with Crippen LogP contribution in [0.3, 0.4) is 0 Å². The van der Waals surface area contributed by atoms with E-state index in [0.29, 0.717) is 35.7 Å². The number of primary amides is 1. The number of imidazole rings is 2. The second kappa shape index (κ2) is 41.7. The first kappa shape index (κ1) is 74.8. The van der Waals surface area contributed by atoms with Gasteiger partial charge in [0.25, 0.3) is 0 Å². The Kier molecular flexibility index (Phi) is 35.9. The van der Waals surface area contributed by atoms with Gasteiger partial charge in [-0.05, 0) is 102 Å². The Hall–Kier alpha value is -8.25. The van der Waals surface area contributed by atoms with Crippen molar-refractivity contribution in [2.24, 2.45) is 50.1 Å². The molecule has 2 rings (SSSR count). The smallest absolute Gasteiger partial charge is 0.328 e. The van der Waals surface area contributed by atoms with Gasteiger partial charge in [-0.2, -0.15) is 23.5 Å². The molecule has 36 heteroatoms. The number of nitrogens with zero attached hydrogens (tertiary/aromatic N) is 4. The molecule has 87 heavy (non-hydrogen) atoms. The Morgan fingerprint density at radius 3 is 1.47 bits per heavy atom. The monoisotopic (exact) mass is 1260 g/mol. The highest BCUT2D eigenvalue weighted by molar-refractivity contribution is 7.98. The largest absolute Gasteiger partial charge is 0.467 e. The fraction of sp³-hybridized carbons (Fsp3) is 0.627. The number of ether oxygens (including phenoxy) is 1. The van der Waals surface area contributed by atoms with Gasteiger partial charge in [-0.3, -0.25) is 57.9 Å². The fourth-order valence-corrected chi connectivity index (χ4v) is 9.07. The molecule has 0 radical (unpaired) electrons. The first-order valence-electron chi connectivity index (χ1n) is 28.0. The number of thioether (sulfide) groups is 2. The van der Waals surface area contributed by atoms with Crippen LogP contribution in [-0.4, -0.2) is 209 Å². The minimum Gasteiger partial charge on any atom is -0.467 e. The van der Waals surface area contributed by atoms with E-state index < -0.39 is 132 Å². The van der Waals surface area contributed by atoms with Crippen LogP contribution in [0.5, 0.6) is 0 Å². The first-order chi connectivity index (χ1) is 41.4. The maximum Gasteiger partial charge on any atom is 0.328 e. The molecule has 0 unspecified atom stereocenters. The van der Waals surface area contributed by atoms with E-state index in [1.54, 1.807) is 12.5 Å². The number of aromatic nitrogens is 4. The van der Waals surface area contributed by atoms with Gasteiger partial charge in [0.1, 0.15) is 48.3 Å². The maximum atomic E-state index is 14.5. The van der Waals surface area contributed by atoms with E-state index in [1.165, 1.54) is 55.5 Å². The molecule has 2 aromatic heterocycles. The van der Waals surface area contributed by atoms with Gasteiger partial charge in [-0.25, -0.2) is 14.8 Å². The summed E-state index contributed by atoms with van der Waals surface area (Å²) in [6, 6.07) is -11.5. The van der Waals surface area contributed by atoms with Crippen LogP contribution in [0.15, 0.2) is 35.0 Å². The fourth-order valence-electron chi connectivity index (χ4n) is 8.12. The number of aromatic amines is 2. The zero-order valence-corrected chi connectivity index (χ0v) is 51.1. The number of nitrogens with one attached hydrogen (secondary N) is 11. The Morgan fingerprint density at radius 2 is 0.977 bits per heavy atom. The zero-order valence-electron chi connectivity index (χ0n) is 49.5. The molecule has 0 saturated heterocycles. The molecule has 0 aliphatic rings. The van der Waals surface area contributed by atoms with Crippen molar-refractivity contribution in [2.75, 3.05) is 57.3 Å². The molecule has 34 nitrogen and oxygen atoms in total. The van der Waals surface area contributed by atoms with Crippen molar-refractivity contribution in [1.82, 2.24) is 67.8 Å². The number of unbranched alkanes of at least 4 members (excludes halogenated alkanes) is 1. The van der Waals surface area contributed by atoms with Crippen molar-refractivity contribution in [3.63, 3.8) is 0 Å². The van der Waals surface area contributed by atoms with Crippen molar-refractivity contribution in [2.45, 2.75) is 145 Å². The molecule has 2 heterocycles. The normalized spacial score (nSPS) is 14.0. The molecule has 0 saturated carbocycles. The van der Waals surface area contributed by atoms with Crippen molar-refractivity contribution in [3.05, 3.63) is 36.4 Å². The highest BCUT2D eigenvalue weighted by Gasteiger charge is 2.34. The lowest BCUT2D eigenvalue weighted by Crippen LogP contribution is -2.60. The van der Waals surface area contributed by atoms with Gasteiger partial charge >= 0.3 is 5.97 Å². The number of rotatable bonds is 44. The van der Waals surface area contributed by atoms with Gasteiger partial charge in [0.2, 0.25) is 59.1 Å². The molecule has 10 amide bonds. The van der Waals surface area contributed by atoms with E-state index in [9.17, 15) is 52.7 Å². The predicted octanol–water partition coefficient (Wildman–Crippen LogP) is -6.56. The summed E-state index contributed by atoms with van der Waals surface area (Å²) in [6.07, 6.45) is 9.69. The summed E-state index contributed by atoms with van der Waals surface area (Å²) < 4.78 is 4.87. The molecule has 486 valence electrons. The molecular formula is C51H88N22O12S2. The number of hydrogen-bond donors (Lipinski definition) is 18. The highest BCUT2D eigenvalue weighted by Crippen LogP contribution is 2.11. The van der Waals surface area contributed by atoms with Crippen LogP contribution in [0.4, 0.5) is 0 Å². The number of guanidine groups is 2. The lowest BCUT2D eigenvalue weighted by atomic mass is 10.0. The SMILES string of the molecule is COC(=O)[C@H](CCCN=C(N)N)NC(=O)[C@H](CCSC)NC(=O)[C@H](C)NC(=O)[C@H](CCCN=C(N)N)NC(=O)[C@H](Cc1cnc[nH]1)NC(=O)[C@H](CCCCN)NC(=O)[C@H](CCC(N)=O)NC(=O)CNC(=O)[C@H](CCSC)NC(=O)[C@@H](N)Cc1cnc[nH]1. The van der Waals surface area contributed by atoms with Gasteiger partial charge in [-0.15, -0.1) is 0 Å². The molecule has 0 aliphatic carbocycles. The summed E-state index contributed by atoms with van der Waals surface area (Å²) in [5.41, 5.74) is 40.1. The second-order valence-corrected chi connectivity index (χ2v) is 21.8. The summed E-state index contributed by atoms with van der Waals surface area (Å²) >= 11 is 2.80. The summed E-state index contributed by atoms with van der Waals surface area (Å²) in [5, 5.41) is 23.2. The number of nitrogens with two attached hydrogens (primary N) is 7. The number of H-pyrrole nitrogens is 2. The molecule has 0 bridgehead atoms. The van der Waals surface area contributed by atoms with Gasteiger partial charge < -0.3 is 103 Å². The van der Waals surface area contributed by atoms with Crippen LogP contribution >= 0.6 is 23.5 Å². The Labute approximate surface area is 512 Å². The standard InChI is InChI=1S/C51H88N22O12S2/c1-28(41(76)68-36(15-20-87-4)47(82)72-37(49(84)85-2)11-8-18-62-51(57)58)66-44(79)33(10-7-17-61-50(55)56)71-48(83)38(22-30-24-60-27-65-30)73-45(80)32(9-5-6-16-52)70-46(81)34(12-13-39(54)74)67-40(75)25-63-43(78)35(14-19-86-3)69-42(77)31(53)21-29-23-59-26-64-29/h23-24,26-28,31-38H,5-22,25,52-53H2,1-4H3,(H2,54,74)(H,59,64)(H,60,65)(H,63,78)(H,66,79)(H,67,75)(H,68,76)(H,69,77)(H,70,81)(H,71,83)(H,72,82)(H,73,80)(H4,55,56,61)(H4,57,58,62)/t28-,31-,32-,33-,34-,35-,36-,37-,38-/m0/s1. The number of carbonyl (C=O) groups excluding carboxylic acids is 11. The number of methoxy groups -OCH3 is 1. The molecule has 2 aromatic rings. The summed E-state index contributed by atoms with van der Waals surface area (Å²) in [7, 11) is 1.15. The Balaban J connectivity index is 2.37. The molecule has 0 aliphatic heterocycles. The highest BCUT2D eigenvalue weighted by atomic mass is 32.2. The molecule has 9 atom stereocenters. The predicted molar refractivity (Wildman–Crippen MR) is 326 cm³/mol. The molecule has 0 aromatic carbocycles. The van der Waals surface area contributed by atoms with Gasteiger partial charge in [-0.1, -0.05) is 0 Å². The lowest BCUT2D eigenvalue weighted by molar-refractivity contribution is -0.145. The average Bonchev–Trinajstić information content (AvgIpc) is 4.34. The van der Waals surface area contributed by atoms with Gasteiger partial charge in [0.05, 0.1) is 32.4 Å². The van der Waals surface area contributed by atoms with Crippen molar-refractivity contribution in [1.29, 1.82) is 0 Å². The number of hydrogen-bond acceptors (Lipinski definition) is 20. The van der Waals surface area contributed by atoms with E-state index in [4.69, 9.17) is 44.9 Å². The minimum atomic E-state index is -1.50. The Bertz CT molecular complexity index is 2570. The molecule has 25 N–H and O–H groups in total. The summed E-state index contributed by atoms with van der Waals surface area (Å²) in [6.45, 7) is 1.05. The van der Waals surface area contributed by atoms with Gasteiger partial charge in [0, 0.05) is 56.1 Å². The third kappa shape index (κ3) is 30.6. The lowest BCUT2D eigenvalue weighted by Gasteiger charge is -2.27. The van der Waals surface area contributed by atoms with Crippen LogP contribution in [0.1, 0.15) is 88.9 Å². The third-order valence-electron chi connectivity index (χ3n) is 12.8. The van der Waals surface area contributed by atoms with E-state index in [-0.39, 0.29) is 95.8 Å². The number of carbonyl (C=O) groups is 11. The van der Waals surface area contributed by atoms with E-state index in [1.807, 2.05) is 0 Å². The molecular weight excluding hydrogens is 1180 g/mol. The topological polar surface area (TPSA) is 569 Å². The van der Waals surface area contributed by atoms with Crippen molar-refractivity contribution in [3.8, 4) is 0 Å². The first-order valence-corrected chi connectivity index (χ1v) is 30.8. The van der Waals surface area contributed by atoms with Crippen LogP contribution < -0.4 is 88.0 Å². The molecule has 0 fully saturated rings. The molecule has 0 spiro atoms. The van der Waals surface area contributed by atoms with Crippen LogP contribution in [-0.2, 0) is 70.3 Å².